The lowest BCUT2D eigenvalue weighted by atomic mass is 10.1. The summed E-state index contributed by atoms with van der Waals surface area (Å²) in [6.07, 6.45) is -0.145. The average molecular weight is 333 g/mol. The number of nitrogens with one attached hydrogen (secondary N) is 1. The number of amides is 1. The van der Waals surface area contributed by atoms with E-state index in [9.17, 15) is 4.79 Å². The molecule has 0 fully saturated rings. The van der Waals surface area contributed by atoms with Gasteiger partial charge in [0.2, 0.25) is 5.91 Å². The van der Waals surface area contributed by atoms with E-state index in [1.165, 1.54) is 5.56 Å². The average Bonchev–Trinajstić information content (AvgIpc) is 3.06. The van der Waals surface area contributed by atoms with Gasteiger partial charge in [0, 0.05) is 22.2 Å². The molecule has 1 heterocycles. The van der Waals surface area contributed by atoms with Crippen LogP contribution in [0.5, 0.6) is 0 Å². The van der Waals surface area contributed by atoms with Gasteiger partial charge < -0.3 is 5.32 Å². The Kier molecular flexibility index (Phi) is 4.69. The lowest BCUT2D eigenvalue weighted by Crippen LogP contribution is -2.09. The van der Waals surface area contributed by atoms with E-state index < -0.39 is 0 Å². The summed E-state index contributed by atoms with van der Waals surface area (Å²) >= 11 is 1.62. The van der Waals surface area contributed by atoms with E-state index in [2.05, 4.69) is 24.4 Å². The summed E-state index contributed by atoms with van der Waals surface area (Å²) in [7, 11) is 0. The molecule has 0 unspecified atom stereocenters. The maximum atomic E-state index is 11.4. The van der Waals surface area contributed by atoms with E-state index in [4.69, 9.17) is 10.2 Å². The van der Waals surface area contributed by atoms with Crippen LogP contribution in [0.2, 0.25) is 0 Å². The van der Waals surface area contributed by atoms with Crippen molar-refractivity contribution < 1.29 is 4.79 Å². The lowest BCUT2D eigenvalue weighted by molar-refractivity contribution is -0.115. The summed E-state index contributed by atoms with van der Waals surface area (Å²) < 4.78 is 0. The van der Waals surface area contributed by atoms with Crippen LogP contribution < -0.4 is 5.32 Å². The highest BCUT2D eigenvalue weighted by Gasteiger charge is 2.09. The molecule has 0 spiro atoms. The summed E-state index contributed by atoms with van der Waals surface area (Å²) in [4.78, 5) is 16.1. The Morgan fingerprint density at radius 2 is 1.96 bits per heavy atom. The number of aryl methyl sites for hydroxylation is 1. The van der Waals surface area contributed by atoms with E-state index in [1.54, 1.807) is 11.3 Å². The van der Waals surface area contributed by atoms with Gasteiger partial charge in [-0.3, -0.25) is 4.79 Å². The number of carbonyl (C=O) groups is 1. The standard InChI is InChI=1S/C19H15N3OS/c1-13-4-2-3-5-16(13)19-22-17(12-24-19)14-6-8-15(9-7-14)21-18(23)10-11-20/h2-9,12H,10H2,1H3,(H,21,23). The Balaban J connectivity index is 1.80. The maximum Gasteiger partial charge on any atom is 0.238 e. The summed E-state index contributed by atoms with van der Waals surface area (Å²) in [5.74, 6) is -0.305. The minimum atomic E-state index is -0.305. The van der Waals surface area contributed by atoms with Crippen LogP contribution in [-0.4, -0.2) is 10.9 Å². The van der Waals surface area contributed by atoms with Crippen molar-refractivity contribution in [2.75, 3.05) is 5.32 Å². The van der Waals surface area contributed by atoms with Crippen LogP contribution in [0.4, 0.5) is 5.69 Å². The second-order valence-corrected chi connectivity index (χ2v) is 6.17. The first-order chi connectivity index (χ1) is 11.7. The van der Waals surface area contributed by atoms with Crippen LogP contribution in [0.1, 0.15) is 12.0 Å². The van der Waals surface area contributed by atoms with Crippen LogP contribution in [-0.2, 0) is 4.79 Å². The van der Waals surface area contributed by atoms with Gasteiger partial charge in [0.15, 0.2) is 0 Å². The van der Waals surface area contributed by atoms with Gasteiger partial charge in [0.1, 0.15) is 11.4 Å². The van der Waals surface area contributed by atoms with Crippen LogP contribution in [0.25, 0.3) is 21.8 Å². The molecule has 2 aromatic carbocycles. The maximum absolute atomic E-state index is 11.4. The molecule has 4 nitrogen and oxygen atoms in total. The molecule has 0 aliphatic rings. The van der Waals surface area contributed by atoms with Gasteiger partial charge in [-0.1, -0.05) is 36.4 Å². The first kappa shape index (κ1) is 15.9. The molecule has 0 aliphatic carbocycles. The number of thiazole rings is 1. The summed E-state index contributed by atoms with van der Waals surface area (Å²) in [5, 5.41) is 14.2. The van der Waals surface area contributed by atoms with Crippen LogP contribution in [0.3, 0.4) is 0 Å². The summed E-state index contributed by atoms with van der Waals surface area (Å²) in [6.45, 7) is 2.08. The second kappa shape index (κ2) is 7.07. The van der Waals surface area contributed by atoms with Crippen molar-refractivity contribution in [2.24, 2.45) is 0 Å². The van der Waals surface area contributed by atoms with Crippen molar-refractivity contribution in [1.82, 2.24) is 4.98 Å². The van der Waals surface area contributed by atoms with Gasteiger partial charge in [-0.15, -0.1) is 11.3 Å². The zero-order valence-electron chi connectivity index (χ0n) is 13.1. The highest BCUT2D eigenvalue weighted by atomic mass is 32.1. The molecule has 0 bridgehead atoms. The van der Waals surface area contributed by atoms with Crippen molar-refractivity contribution in [2.45, 2.75) is 13.3 Å². The molecule has 0 saturated heterocycles. The highest BCUT2D eigenvalue weighted by Crippen LogP contribution is 2.31. The zero-order chi connectivity index (χ0) is 16.9. The van der Waals surface area contributed by atoms with Crippen molar-refractivity contribution in [3.05, 3.63) is 59.5 Å². The molecule has 1 aromatic heterocycles. The Morgan fingerprint density at radius 3 is 2.67 bits per heavy atom. The smallest absolute Gasteiger partial charge is 0.238 e. The normalized spacial score (nSPS) is 10.2. The molecule has 3 rings (SSSR count). The molecule has 0 aliphatic heterocycles. The molecule has 118 valence electrons. The number of hydrogen-bond acceptors (Lipinski definition) is 4. The molecule has 0 radical (unpaired) electrons. The molecule has 1 N–H and O–H groups in total. The van der Waals surface area contributed by atoms with E-state index in [-0.39, 0.29) is 12.3 Å². The fourth-order valence-electron chi connectivity index (χ4n) is 2.34. The van der Waals surface area contributed by atoms with E-state index in [0.717, 1.165) is 21.8 Å². The lowest BCUT2D eigenvalue weighted by Gasteiger charge is -2.04. The number of hydrogen-bond donors (Lipinski definition) is 1. The number of aromatic nitrogens is 1. The fourth-order valence-corrected chi connectivity index (χ4v) is 3.26. The third-order valence-electron chi connectivity index (χ3n) is 3.58. The van der Waals surface area contributed by atoms with Crippen LogP contribution in [0, 0.1) is 18.3 Å². The molecule has 0 saturated carbocycles. The van der Waals surface area contributed by atoms with Gasteiger partial charge >= 0.3 is 0 Å². The summed E-state index contributed by atoms with van der Waals surface area (Å²) in [5.41, 5.74) is 4.92. The van der Waals surface area contributed by atoms with Gasteiger partial charge in [-0.05, 0) is 24.6 Å². The van der Waals surface area contributed by atoms with E-state index in [0.29, 0.717) is 5.69 Å². The first-order valence-electron chi connectivity index (χ1n) is 7.46. The SMILES string of the molecule is Cc1ccccc1-c1nc(-c2ccc(NC(=O)CC#N)cc2)cs1. The van der Waals surface area contributed by atoms with E-state index >= 15 is 0 Å². The molecular formula is C19H15N3OS. The van der Waals surface area contributed by atoms with E-state index in [1.807, 2.05) is 47.8 Å². The number of nitriles is 1. The number of carbonyl (C=O) groups excluding carboxylic acids is 1. The van der Waals surface area contributed by atoms with Crippen LogP contribution in [0.15, 0.2) is 53.9 Å². The van der Waals surface area contributed by atoms with Crippen molar-refractivity contribution in [1.29, 1.82) is 5.26 Å². The minimum Gasteiger partial charge on any atom is -0.325 e. The third-order valence-corrected chi connectivity index (χ3v) is 4.46. The minimum absolute atomic E-state index is 0.145. The van der Waals surface area contributed by atoms with Crippen LogP contribution >= 0.6 is 11.3 Å². The molecular weight excluding hydrogens is 318 g/mol. The topological polar surface area (TPSA) is 65.8 Å². The molecule has 0 atom stereocenters. The van der Waals surface area contributed by atoms with Gasteiger partial charge in [0.05, 0.1) is 11.8 Å². The number of nitrogens with zero attached hydrogens (tertiary/aromatic N) is 2. The summed E-state index contributed by atoms with van der Waals surface area (Å²) in [6, 6.07) is 17.5. The zero-order valence-corrected chi connectivity index (χ0v) is 13.9. The molecule has 24 heavy (non-hydrogen) atoms. The molecule has 3 aromatic rings. The number of benzene rings is 2. The van der Waals surface area contributed by atoms with Gasteiger partial charge in [0.25, 0.3) is 0 Å². The predicted molar refractivity (Wildman–Crippen MR) is 96.6 cm³/mol. The monoisotopic (exact) mass is 333 g/mol. The fraction of sp³-hybridized carbons (Fsp3) is 0.105. The molecule has 5 heteroatoms. The predicted octanol–water partition coefficient (Wildman–Crippen LogP) is 4.64. The Morgan fingerprint density at radius 1 is 1.21 bits per heavy atom. The van der Waals surface area contributed by atoms with Crippen molar-refractivity contribution in [3.63, 3.8) is 0 Å². The largest absolute Gasteiger partial charge is 0.325 e. The Hall–Kier alpha value is -2.97. The second-order valence-electron chi connectivity index (χ2n) is 5.31. The quantitative estimate of drug-likeness (QED) is 0.756. The number of anilines is 1. The number of rotatable bonds is 4. The van der Waals surface area contributed by atoms with Crippen molar-refractivity contribution >= 4 is 22.9 Å². The third kappa shape index (κ3) is 3.50. The Labute approximate surface area is 144 Å². The highest BCUT2D eigenvalue weighted by molar-refractivity contribution is 7.13. The Bertz CT molecular complexity index is 907. The molecule has 1 amide bonds. The van der Waals surface area contributed by atoms with Gasteiger partial charge in [-0.25, -0.2) is 4.98 Å². The van der Waals surface area contributed by atoms with Gasteiger partial charge in [-0.2, -0.15) is 5.26 Å². The first-order valence-corrected chi connectivity index (χ1v) is 8.34. The van der Waals surface area contributed by atoms with Crippen molar-refractivity contribution in [3.8, 4) is 27.9 Å².